The lowest BCUT2D eigenvalue weighted by atomic mass is 9.76. The quantitative estimate of drug-likeness (QED) is 0.838. The van der Waals surface area contributed by atoms with E-state index in [-0.39, 0.29) is 23.1 Å². The third kappa shape index (κ3) is 3.28. The lowest BCUT2D eigenvalue weighted by Crippen LogP contribution is -2.41. The van der Waals surface area contributed by atoms with Gasteiger partial charge in [-0.05, 0) is 24.3 Å². The van der Waals surface area contributed by atoms with Crippen LogP contribution in [0.25, 0.3) is 0 Å². The number of rotatable bonds is 5. The van der Waals surface area contributed by atoms with Gasteiger partial charge in [-0.2, -0.15) is 11.3 Å². The molecule has 6 heteroatoms. The molecule has 1 aliphatic carbocycles. The molecule has 126 valence electrons. The molecule has 2 aliphatic rings. The van der Waals surface area contributed by atoms with E-state index < -0.39 is 0 Å². The lowest BCUT2D eigenvalue weighted by Gasteiger charge is -2.28. The highest BCUT2D eigenvalue weighted by Gasteiger charge is 2.52. The molecule has 1 saturated carbocycles. The second-order valence-corrected chi connectivity index (χ2v) is 7.38. The number of carbonyl (C=O) groups is 2. The van der Waals surface area contributed by atoms with Crippen LogP contribution in [0, 0.1) is 11.3 Å². The van der Waals surface area contributed by atoms with E-state index in [9.17, 15) is 9.59 Å². The topological polar surface area (TPSA) is 58.6 Å². The van der Waals surface area contributed by atoms with Gasteiger partial charge in [-0.25, -0.2) is 0 Å². The lowest BCUT2D eigenvalue weighted by molar-refractivity contribution is -0.127. The summed E-state index contributed by atoms with van der Waals surface area (Å²) in [6, 6.07) is 1.86. The molecule has 1 atom stereocenters. The van der Waals surface area contributed by atoms with Crippen LogP contribution in [0.2, 0.25) is 0 Å². The molecule has 1 aromatic rings. The maximum absolute atomic E-state index is 12.7. The maximum atomic E-state index is 12.7. The molecule has 0 aromatic carbocycles. The summed E-state index contributed by atoms with van der Waals surface area (Å²) < 4.78 is 5.00. The summed E-state index contributed by atoms with van der Waals surface area (Å²) >= 11 is 1.53. The van der Waals surface area contributed by atoms with Gasteiger partial charge in [-0.1, -0.05) is 12.8 Å². The summed E-state index contributed by atoms with van der Waals surface area (Å²) in [5.41, 5.74) is 0.714. The third-order valence-corrected chi connectivity index (χ3v) is 5.91. The molecule has 5 nitrogen and oxygen atoms in total. The number of hydrogen-bond donors (Lipinski definition) is 1. The zero-order valence-electron chi connectivity index (χ0n) is 13.5. The van der Waals surface area contributed by atoms with E-state index >= 15 is 0 Å². The number of hydrogen-bond acceptors (Lipinski definition) is 4. The van der Waals surface area contributed by atoms with Crippen molar-refractivity contribution in [3.8, 4) is 0 Å². The monoisotopic (exact) mass is 336 g/mol. The van der Waals surface area contributed by atoms with Gasteiger partial charge >= 0.3 is 0 Å². The van der Waals surface area contributed by atoms with Gasteiger partial charge in [0.15, 0.2) is 0 Å². The van der Waals surface area contributed by atoms with Crippen molar-refractivity contribution in [3.63, 3.8) is 0 Å². The van der Waals surface area contributed by atoms with Gasteiger partial charge in [0, 0.05) is 37.5 Å². The first kappa shape index (κ1) is 16.5. The summed E-state index contributed by atoms with van der Waals surface area (Å²) in [5, 5.41) is 6.78. The average Bonchev–Trinajstić information content (AvgIpc) is 3.28. The molecule has 2 heterocycles. The van der Waals surface area contributed by atoms with Crippen LogP contribution in [0.15, 0.2) is 16.8 Å². The number of carbonyl (C=O) groups excluding carboxylic acids is 2. The van der Waals surface area contributed by atoms with E-state index in [4.69, 9.17) is 4.74 Å². The Labute approximate surface area is 141 Å². The summed E-state index contributed by atoms with van der Waals surface area (Å²) in [7, 11) is 1.63. The Hall–Kier alpha value is -1.40. The van der Waals surface area contributed by atoms with Gasteiger partial charge in [0.25, 0.3) is 5.91 Å². The molecule has 0 radical (unpaired) electrons. The zero-order chi connectivity index (χ0) is 16.3. The highest BCUT2D eigenvalue weighted by molar-refractivity contribution is 7.08. The van der Waals surface area contributed by atoms with E-state index in [1.165, 1.54) is 11.3 Å². The number of nitrogens with one attached hydrogen (secondary N) is 1. The minimum Gasteiger partial charge on any atom is -0.383 e. The first-order chi connectivity index (χ1) is 11.2. The average molecular weight is 336 g/mol. The Morgan fingerprint density at radius 1 is 1.43 bits per heavy atom. The highest BCUT2D eigenvalue weighted by Crippen LogP contribution is 2.49. The summed E-state index contributed by atoms with van der Waals surface area (Å²) in [4.78, 5) is 27.2. The largest absolute Gasteiger partial charge is 0.383 e. The Morgan fingerprint density at radius 3 is 2.87 bits per heavy atom. The fourth-order valence-corrected chi connectivity index (χ4v) is 4.67. The molecular weight excluding hydrogens is 312 g/mol. The van der Waals surface area contributed by atoms with E-state index in [0.29, 0.717) is 26.2 Å². The van der Waals surface area contributed by atoms with Gasteiger partial charge in [-0.3, -0.25) is 9.59 Å². The SMILES string of the molecule is COCCNC(=O)C1CN(C(=O)c2ccsc2)CC12CCCC2. The fourth-order valence-electron chi connectivity index (χ4n) is 4.04. The van der Waals surface area contributed by atoms with E-state index in [0.717, 1.165) is 31.2 Å². The van der Waals surface area contributed by atoms with Crippen molar-refractivity contribution in [1.29, 1.82) is 0 Å². The second kappa shape index (κ2) is 7.01. The van der Waals surface area contributed by atoms with Gasteiger partial charge in [0.05, 0.1) is 18.1 Å². The Balaban J connectivity index is 1.72. The molecule has 1 N–H and O–H groups in total. The molecule has 1 aliphatic heterocycles. The van der Waals surface area contributed by atoms with Crippen LogP contribution < -0.4 is 5.32 Å². The molecule has 1 unspecified atom stereocenters. The molecule has 2 fully saturated rings. The number of nitrogens with zero attached hydrogens (tertiary/aromatic N) is 1. The van der Waals surface area contributed by atoms with Gasteiger partial charge < -0.3 is 15.0 Å². The van der Waals surface area contributed by atoms with Crippen LogP contribution in [0.5, 0.6) is 0 Å². The fraction of sp³-hybridized carbons (Fsp3) is 0.647. The number of ether oxygens (including phenoxy) is 1. The van der Waals surface area contributed by atoms with Crippen molar-refractivity contribution in [1.82, 2.24) is 10.2 Å². The van der Waals surface area contributed by atoms with Crippen molar-refractivity contribution in [2.75, 3.05) is 33.4 Å². The molecule has 0 bridgehead atoms. The third-order valence-electron chi connectivity index (χ3n) is 5.22. The van der Waals surface area contributed by atoms with Crippen molar-refractivity contribution < 1.29 is 14.3 Å². The normalized spacial score (nSPS) is 22.7. The zero-order valence-corrected chi connectivity index (χ0v) is 14.4. The Kier molecular flexibility index (Phi) is 5.02. The molecular formula is C17H24N2O3S. The second-order valence-electron chi connectivity index (χ2n) is 6.60. The number of methoxy groups -OCH3 is 1. The Morgan fingerprint density at radius 2 is 2.22 bits per heavy atom. The van der Waals surface area contributed by atoms with Crippen molar-refractivity contribution in [3.05, 3.63) is 22.4 Å². The van der Waals surface area contributed by atoms with Crippen molar-refractivity contribution in [2.24, 2.45) is 11.3 Å². The predicted octanol–water partition coefficient (Wildman–Crippen LogP) is 2.14. The summed E-state index contributed by atoms with van der Waals surface area (Å²) in [6.45, 7) is 2.29. The smallest absolute Gasteiger partial charge is 0.254 e. The van der Waals surface area contributed by atoms with Crippen LogP contribution in [0.4, 0.5) is 0 Å². The standard InChI is InChI=1S/C17H24N2O3S/c1-22-8-7-18-15(20)14-10-19(12-17(14)5-2-3-6-17)16(21)13-4-9-23-11-13/h4,9,11,14H,2-3,5-8,10,12H2,1H3,(H,18,20). The number of thiophene rings is 1. The van der Waals surface area contributed by atoms with E-state index in [1.807, 2.05) is 21.7 Å². The minimum absolute atomic E-state index is 0.0250. The molecule has 2 amide bonds. The summed E-state index contributed by atoms with van der Waals surface area (Å²) in [6.07, 6.45) is 4.40. The molecule has 1 spiro atoms. The van der Waals surface area contributed by atoms with Gasteiger partial charge in [-0.15, -0.1) is 0 Å². The maximum Gasteiger partial charge on any atom is 0.254 e. The van der Waals surface area contributed by atoms with Gasteiger partial charge in [0.2, 0.25) is 5.91 Å². The van der Waals surface area contributed by atoms with E-state index in [1.54, 1.807) is 7.11 Å². The first-order valence-electron chi connectivity index (χ1n) is 8.24. The highest BCUT2D eigenvalue weighted by atomic mass is 32.1. The molecule has 1 saturated heterocycles. The van der Waals surface area contributed by atoms with Crippen LogP contribution in [-0.2, 0) is 9.53 Å². The van der Waals surface area contributed by atoms with Crippen LogP contribution in [0.1, 0.15) is 36.0 Å². The van der Waals surface area contributed by atoms with Crippen LogP contribution in [0.3, 0.4) is 0 Å². The number of amides is 2. The van der Waals surface area contributed by atoms with Crippen molar-refractivity contribution >= 4 is 23.2 Å². The van der Waals surface area contributed by atoms with Gasteiger partial charge in [0.1, 0.15) is 0 Å². The molecule has 23 heavy (non-hydrogen) atoms. The first-order valence-corrected chi connectivity index (χ1v) is 9.19. The van der Waals surface area contributed by atoms with Crippen molar-refractivity contribution in [2.45, 2.75) is 25.7 Å². The number of likely N-dealkylation sites (tertiary alicyclic amines) is 1. The molecule has 3 rings (SSSR count). The Bertz CT molecular complexity index is 552. The predicted molar refractivity (Wildman–Crippen MR) is 89.5 cm³/mol. The van der Waals surface area contributed by atoms with Crippen LogP contribution in [-0.4, -0.2) is 50.1 Å². The van der Waals surface area contributed by atoms with E-state index in [2.05, 4.69) is 5.32 Å². The summed E-state index contributed by atoms with van der Waals surface area (Å²) in [5.74, 6) is 0.0405. The minimum atomic E-state index is -0.0931. The molecule has 1 aromatic heterocycles. The van der Waals surface area contributed by atoms with Crippen LogP contribution >= 0.6 is 11.3 Å².